The first kappa shape index (κ1) is 16.3. The number of halogens is 3. The van der Waals surface area contributed by atoms with Crippen molar-refractivity contribution in [3.63, 3.8) is 0 Å². The van der Waals surface area contributed by atoms with Crippen LogP contribution in [0.5, 0.6) is 0 Å². The Morgan fingerprint density at radius 2 is 1.81 bits per heavy atom. The van der Waals surface area contributed by atoms with Gasteiger partial charge >= 0.3 is 6.18 Å². The first-order valence-corrected chi connectivity index (χ1v) is 7.87. The number of alkyl halides is 3. The van der Waals surface area contributed by atoms with Crippen molar-refractivity contribution in [3.8, 4) is 0 Å². The Morgan fingerprint density at radius 1 is 1.14 bits per heavy atom. The zero-order chi connectivity index (χ0) is 15.3. The lowest BCUT2D eigenvalue weighted by Crippen LogP contribution is -2.25. The van der Waals surface area contributed by atoms with Crippen LogP contribution in [0.1, 0.15) is 62.6 Å². The van der Waals surface area contributed by atoms with Crippen LogP contribution in [0.2, 0.25) is 0 Å². The summed E-state index contributed by atoms with van der Waals surface area (Å²) in [7, 11) is 0. The van der Waals surface area contributed by atoms with Gasteiger partial charge in [0.15, 0.2) is 0 Å². The summed E-state index contributed by atoms with van der Waals surface area (Å²) >= 11 is 0. The summed E-state index contributed by atoms with van der Waals surface area (Å²) in [4.78, 5) is 0. The van der Waals surface area contributed by atoms with Crippen molar-refractivity contribution in [1.82, 2.24) is 5.32 Å². The van der Waals surface area contributed by atoms with Gasteiger partial charge in [0.1, 0.15) is 0 Å². The van der Waals surface area contributed by atoms with E-state index in [-0.39, 0.29) is 6.04 Å². The fourth-order valence-electron chi connectivity index (χ4n) is 3.01. The molecule has 0 heterocycles. The Hall–Kier alpha value is -1.03. The van der Waals surface area contributed by atoms with Gasteiger partial charge in [0.05, 0.1) is 5.56 Å². The van der Waals surface area contributed by atoms with Crippen LogP contribution < -0.4 is 5.32 Å². The second-order valence-electron chi connectivity index (χ2n) is 6.11. The van der Waals surface area contributed by atoms with Crippen molar-refractivity contribution in [2.75, 3.05) is 6.54 Å². The van der Waals surface area contributed by atoms with Crippen LogP contribution in [0, 0.1) is 5.92 Å². The van der Waals surface area contributed by atoms with E-state index < -0.39 is 11.7 Å². The van der Waals surface area contributed by atoms with Crippen LogP contribution in [0.25, 0.3) is 0 Å². The van der Waals surface area contributed by atoms with Crippen LogP contribution >= 0.6 is 0 Å². The molecule has 0 aromatic heterocycles. The van der Waals surface area contributed by atoms with Gasteiger partial charge in [0.25, 0.3) is 0 Å². The third kappa shape index (κ3) is 5.03. The van der Waals surface area contributed by atoms with E-state index >= 15 is 0 Å². The minimum absolute atomic E-state index is 0.0458. The fourth-order valence-corrected chi connectivity index (χ4v) is 3.01. The van der Waals surface area contributed by atoms with Crippen LogP contribution in [0.4, 0.5) is 13.2 Å². The molecule has 0 radical (unpaired) electrons. The van der Waals surface area contributed by atoms with E-state index in [2.05, 4.69) is 5.32 Å². The largest absolute Gasteiger partial charge is 0.416 e. The third-order valence-corrected chi connectivity index (χ3v) is 4.40. The van der Waals surface area contributed by atoms with E-state index in [0.29, 0.717) is 11.5 Å². The summed E-state index contributed by atoms with van der Waals surface area (Å²) in [6, 6.07) is 5.59. The molecule has 1 N–H and O–H groups in total. The molecule has 1 aromatic rings. The van der Waals surface area contributed by atoms with Gasteiger partial charge in [0, 0.05) is 6.04 Å². The number of benzene rings is 1. The lowest BCUT2D eigenvalue weighted by Gasteiger charge is -2.20. The first-order valence-electron chi connectivity index (χ1n) is 7.87. The van der Waals surface area contributed by atoms with E-state index in [0.717, 1.165) is 12.6 Å². The van der Waals surface area contributed by atoms with Gasteiger partial charge < -0.3 is 5.32 Å². The first-order chi connectivity index (χ1) is 9.97. The maximum Gasteiger partial charge on any atom is 0.416 e. The predicted octanol–water partition coefficient (Wildman–Crippen LogP) is 5.33. The second kappa shape index (κ2) is 7.30. The topological polar surface area (TPSA) is 12.0 Å². The minimum Gasteiger partial charge on any atom is -0.310 e. The van der Waals surface area contributed by atoms with Gasteiger partial charge in [-0.15, -0.1) is 0 Å². The van der Waals surface area contributed by atoms with Crippen molar-refractivity contribution in [3.05, 3.63) is 35.4 Å². The number of rotatable bonds is 4. The molecular formula is C17H24F3N. The molecule has 21 heavy (non-hydrogen) atoms. The predicted molar refractivity (Wildman–Crippen MR) is 79.1 cm³/mol. The van der Waals surface area contributed by atoms with E-state index in [1.54, 1.807) is 6.07 Å². The Bertz CT molecular complexity index is 434. The fraction of sp³-hybridized carbons (Fsp3) is 0.647. The molecule has 1 fully saturated rings. The highest BCUT2D eigenvalue weighted by Crippen LogP contribution is 2.31. The molecule has 1 saturated carbocycles. The maximum absolute atomic E-state index is 12.7. The molecule has 4 heteroatoms. The molecule has 0 aliphatic heterocycles. The molecular weight excluding hydrogens is 275 g/mol. The van der Waals surface area contributed by atoms with Gasteiger partial charge in [-0.25, -0.2) is 0 Å². The molecule has 1 aliphatic rings. The van der Waals surface area contributed by atoms with Crippen LogP contribution in [-0.2, 0) is 6.18 Å². The standard InChI is InChI=1S/C17H24F3N/c1-13(21-12-14-7-4-2-3-5-8-14)15-9-6-10-16(11-15)17(18,19)20/h6,9-11,13-14,21H,2-5,7-8,12H2,1H3. The lowest BCUT2D eigenvalue weighted by atomic mass is 9.99. The molecule has 0 spiro atoms. The summed E-state index contributed by atoms with van der Waals surface area (Å²) in [6.45, 7) is 2.84. The molecule has 1 aromatic carbocycles. The molecule has 118 valence electrons. The normalized spacial score (nSPS) is 19.2. The highest BCUT2D eigenvalue weighted by atomic mass is 19.4. The second-order valence-corrected chi connectivity index (χ2v) is 6.11. The molecule has 1 atom stereocenters. The Balaban J connectivity index is 1.92. The maximum atomic E-state index is 12.7. The van der Waals surface area contributed by atoms with Gasteiger partial charge in [-0.2, -0.15) is 13.2 Å². The van der Waals surface area contributed by atoms with Gasteiger partial charge in [0.2, 0.25) is 0 Å². The zero-order valence-corrected chi connectivity index (χ0v) is 12.5. The van der Waals surface area contributed by atoms with Crippen LogP contribution in [-0.4, -0.2) is 6.54 Å². The van der Waals surface area contributed by atoms with Gasteiger partial charge in [-0.1, -0.05) is 37.8 Å². The highest BCUT2D eigenvalue weighted by molar-refractivity contribution is 5.27. The van der Waals surface area contributed by atoms with E-state index in [9.17, 15) is 13.2 Å². The SMILES string of the molecule is CC(NCC1CCCCCC1)c1cccc(C(F)(F)F)c1. The average Bonchev–Trinajstić information content (AvgIpc) is 2.72. The third-order valence-electron chi connectivity index (χ3n) is 4.40. The molecule has 0 saturated heterocycles. The molecule has 2 rings (SSSR count). The van der Waals surface area contributed by atoms with E-state index in [1.165, 1.54) is 50.7 Å². The van der Waals surface area contributed by atoms with Crippen LogP contribution in [0.15, 0.2) is 24.3 Å². The number of hydrogen-bond acceptors (Lipinski definition) is 1. The number of hydrogen-bond donors (Lipinski definition) is 1. The molecule has 1 nitrogen and oxygen atoms in total. The Kier molecular flexibility index (Phi) is 5.68. The minimum atomic E-state index is -4.27. The lowest BCUT2D eigenvalue weighted by molar-refractivity contribution is -0.137. The summed E-state index contributed by atoms with van der Waals surface area (Å²) in [5.74, 6) is 0.667. The van der Waals surface area contributed by atoms with Crippen molar-refractivity contribution < 1.29 is 13.2 Å². The summed E-state index contributed by atoms with van der Waals surface area (Å²) in [5, 5.41) is 3.41. The number of nitrogens with one attached hydrogen (secondary N) is 1. The van der Waals surface area contributed by atoms with E-state index in [1.807, 2.05) is 6.92 Å². The smallest absolute Gasteiger partial charge is 0.310 e. The van der Waals surface area contributed by atoms with Crippen molar-refractivity contribution in [2.45, 2.75) is 57.7 Å². The summed E-state index contributed by atoms with van der Waals surface area (Å²) in [5.41, 5.74) is 0.140. The van der Waals surface area contributed by atoms with Gasteiger partial charge in [-0.3, -0.25) is 0 Å². The Labute approximate surface area is 124 Å². The zero-order valence-electron chi connectivity index (χ0n) is 12.5. The Morgan fingerprint density at radius 3 is 2.43 bits per heavy atom. The molecule has 0 bridgehead atoms. The van der Waals surface area contributed by atoms with Crippen molar-refractivity contribution in [1.29, 1.82) is 0 Å². The van der Waals surface area contributed by atoms with Crippen LogP contribution in [0.3, 0.4) is 0 Å². The molecule has 1 unspecified atom stereocenters. The monoisotopic (exact) mass is 299 g/mol. The van der Waals surface area contributed by atoms with Crippen molar-refractivity contribution in [2.24, 2.45) is 5.92 Å². The molecule has 1 aliphatic carbocycles. The quantitative estimate of drug-likeness (QED) is 0.741. The van der Waals surface area contributed by atoms with E-state index in [4.69, 9.17) is 0 Å². The molecule has 0 amide bonds. The average molecular weight is 299 g/mol. The summed E-state index contributed by atoms with van der Waals surface area (Å²) < 4.78 is 38.2. The highest BCUT2D eigenvalue weighted by Gasteiger charge is 2.30. The summed E-state index contributed by atoms with van der Waals surface area (Å²) in [6.07, 6.45) is 3.41. The van der Waals surface area contributed by atoms with Gasteiger partial charge in [-0.05, 0) is 49.9 Å². The van der Waals surface area contributed by atoms with Crippen molar-refractivity contribution >= 4 is 0 Å².